The number of methoxy groups -OCH3 is 2. The highest BCUT2D eigenvalue weighted by molar-refractivity contribution is 5.74. The minimum Gasteiger partial charge on any atom is -0.508 e. The second-order valence-electron chi connectivity index (χ2n) is 7.36. The van der Waals surface area contributed by atoms with Crippen LogP contribution in [0.25, 0.3) is 0 Å². The van der Waals surface area contributed by atoms with Crippen molar-refractivity contribution in [2.45, 2.75) is 51.4 Å². The van der Waals surface area contributed by atoms with Gasteiger partial charge in [0.25, 0.3) is 0 Å². The summed E-state index contributed by atoms with van der Waals surface area (Å²) in [6.07, 6.45) is 1.67. The molecule has 0 spiro atoms. The molecule has 2 fully saturated rings. The Morgan fingerprint density at radius 1 is 1.27 bits per heavy atom. The Balaban J connectivity index is 1.84. The number of esters is 1. The summed E-state index contributed by atoms with van der Waals surface area (Å²) in [7, 11) is 3.04. The first kappa shape index (κ1) is 19.2. The smallest absolute Gasteiger partial charge is 0.334 e. The number of nitrogens with one attached hydrogen (secondary N) is 2. The van der Waals surface area contributed by atoms with Crippen LogP contribution < -0.4 is 10.6 Å². The molecule has 1 aliphatic carbocycles. The first-order valence-corrected chi connectivity index (χ1v) is 9.31. The molecule has 7 heteroatoms. The largest absolute Gasteiger partial charge is 0.508 e. The predicted molar refractivity (Wildman–Crippen MR) is 96.3 cm³/mol. The van der Waals surface area contributed by atoms with E-state index in [-0.39, 0.29) is 30.0 Å². The summed E-state index contributed by atoms with van der Waals surface area (Å²) in [6, 6.07) is 0.0528. The van der Waals surface area contributed by atoms with Crippen LogP contribution in [0.3, 0.4) is 0 Å². The molecule has 2 heterocycles. The molecule has 0 aromatic carbocycles. The van der Waals surface area contributed by atoms with Crippen molar-refractivity contribution >= 4 is 5.97 Å². The summed E-state index contributed by atoms with van der Waals surface area (Å²) in [4.78, 5) is 11.9. The maximum Gasteiger partial charge on any atom is 0.334 e. The van der Waals surface area contributed by atoms with Crippen LogP contribution in [0.15, 0.2) is 22.7 Å². The van der Waals surface area contributed by atoms with Gasteiger partial charge in [-0.2, -0.15) is 0 Å². The highest BCUT2D eigenvalue weighted by atomic mass is 16.6. The van der Waals surface area contributed by atoms with Gasteiger partial charge in [0.15, 0.2) is 6.10 Å². The van der Waals surface area contributed by atoms with Crippen molar-refractivity contribution < 1.29 is 24.1 Å². The summed E-state index contributed by atoms with van der Waals surface area (Å²) in [5.74, 6) is 1.31. The molecule has 146 valence electrons. The molecule has 0 radical (unpaired) electrons. The zero-order valence-electron chi connectivity index (χ0n) is 16.0. The van der Waals surface area contributed by atoms with Crippen LogP contribution in [0.1, 0.15) is 33.1 Å². The minimum absolute atomic E-state index is 0.0363. The Labute approximate surface area is 154 Å². The lowest BCUT2D eigenvalue weighted by molar-refractivity contribution is -0.152. The van der Waals surface area contributed by atoms with Crippen molar-refractivity contribution in [3.05, 3.63) is 22.7 Å². The van der Waals surface area contributed by atoms with E-state index in [9.17, 15) is 9.90 Å². The van der Waals surface area contributed by atoms with Crippen LogP contribution in [-0.2, 0) is 19.0 Å². The summed E-state index contributed by atoms with van der Waals surface area (Å²) in [5, 5.41) is 17.7. The number of allylic oxidation sites excluding steroid dienone is 2. The summed E-state index contributed by atoms with van der Waals surface area (Å²) in [5.41, 5.74) is 1.85. The average Bonchev–Trinajstić information content (AvgIpc) is 3.05. The zero-order chi connectivity index (χ0) is 18.8. The van der Waals surface area contributed by atoms with Gasteiger partial charge in [-0.1, -0.05) is 0 Å². The molecule has 3 aliphatic rings. The maximum absolute atomic E-state index is 11.9. The number of carbonyl (C=O) groups is 1. The van der Waals surface area contributed by atoms with E-state index in [0.29, 0.717) is 18.8 Å². The number of hydrogen-bond donors (Lipinski definition) is 3. The molecule has 0 bridgehead atoms. The number of carbonyl (C=O) groups excluding carboxylic acids is 1. The van der Waals surface area contributed by atoms with Gasteiger partial charge < -0.3 is 24.6 Å². The van der Waals surface area contributed by atoms with Gasteiger partial charge in [0.05, 0.1) is 20.3 Å². The molecule has 3 rings (SSSR count). The van der Waals surface area contributed by atoms with Gasteiger partial charge in [-0.3, -0.25) is 5.32 Å². The van der Waals surface area contributed by atoms with E-state index in [2.05, 4.69) is 10.6 Å². The standard InChI is InChI=1S/C19H30N2O5/c1-10-15(24-3)6-5-12(18(10)22)17-14(8-20-9-21-17)13-7-16(19(23)25-4)26-11(13)2/h11,13-14,16-17,20-22H,5-9H2,1-4H3. The van der Waals surface area contributed by atoms with E-state index in [1.807, 2.05) is 13.8 Å². The topological polar surface area (TPSA) is 89.1 Å². The number of ether oxygens (including phenoxy) is 3. The lowest BCUT2D eigenvalue weighted by Crippen LogP contribution is -2.55. The Kier molecular flexibility index (Phi) is 5.89. The molecule has 0 aromatic rings. The molecule has 2 aliphatic heterocycles. The molecule has 5 atom stereocenters. The second-order valence-corrected chi connectivity index (χ2v) is 7.36. The van der Waals surface area contributed by atoms with Crippen molar-refractivity contribution in [2.75, 3.05) is 27.4 Å². The van der Waals surface area contributed by atoms with Crippen molar-refractivity contribution in [3.63, 3.8) is 0 Å². The van der Waals surface area contributed by atoms with Gasteiger partial charge in [0.1, 0.15) is 11.5 Å². The van der Waals surface area contributed by atoms with Crippen molar-refractivity contribution in [1.82, 2.24) is 10.6 Å². The monoisotopic (exact) mass is 366 g/mol. The molecule has 0 amide bonds. The van der Waals surface area contributed by atoms with Crippen LogP contribution in [0.2, 0.25) is 0 Å². The van der Waals surface area contributed by atoms with E-state index in [0.717, 1.165) is 36.3 Å². The lowest BCUT2D eigenvalue weighted by Gasteiger charge is -2.40. The molecule has 0 saturated carbocycles. The zero-order valence-corrected chi connectivity index (χ0v) is 16.0. The van der Waals surface area contributed by atoms with Gasteiger partial charge in [0.2, 0.25) is 0 Å². The van der Waals surface area contributed by atoms with Crippen molar-refractivity contribution in [3.8, 4) is 0 Å². The van der Waals surface area contributed by atoms with E-state index in [4.69, 9.17) is 14.2 Å². The van der Waals surface area contributed by atoms with Gasteiger partial charge >= 0.3 is 5.97 Å². The number of aliphatic hydroxyl groups excluding tert-OH is 1. The van der Waals surface area contributed by atoms with Gasteiger partial charge in [0, 0.05) is 31.2 Å². The van der Waals surface area contributed by atoms with Gasteiger partial charge in [-0.05, 0) is 44.1 Å². The fourth-order valence-electron chi connectivity index (χ4n) is 4.62. The average molecular weight is 366 g/mol. The van der Waals surface area contributed by atoms with Crippen molar-refractivity contribution in [2.24, 2.45) is 11.8 Å². The summed E-state index contributed by atoms with van der Waals surface area (Å²) >= 11 is 0. The predicted octanol–water partition coefficient (Wildman–Crippen LogP) is 1.61. The van der Waals surface area contributed by atoms with Crippen LogP contribution in [0.4, 0.5) is 0 Å². The van der Waals surface area contributed by atoms with Gasteiger partial charge in [-0.25, -0.2) is 4.79 Å². The quantitative estimate of drug-likeness (QED) is 0.652. The van der Waals surface area contributed by atoms with Crippen LogP contribution in [-0.4, -0.2) is 56.8 Å². The number of rotatable bonds is 4. The fraction of sp³-hybridized carbons (Fsp3) is 0.737. The first-order valence-electron chi connectivity index (χ1n) is 9.31. The first-order chi connectivity index (χ1) is 12.5. The minimum atomic E-state index is -0.502. The van der Waals surface area contributed by atoms with E-state index < -0.39 is 6.10 Å². The summed E-state index contributed by atoms with van der Waals surface area (Å²) in [6.45, 7) is 5.43. The molecule has 7 nitrogen and oxygen atoms in total. The molecule has 0 aromatic heterocycles. The highest BCUT2D eigenvalue weighted by Crippen LogP contribution is 2.40. The molecular formula is C19H30N2O5. The van der Waals surface area contributed by atoms with Crippen LogP contribution in [0.5, 0.6) is 0 Å². The molecular weight excluding hydrogens is 336 g/mol. The highest BCUT2D eigenvalue weighted by Gasteiger charge is 2.45. The molecule has 2 saturated heterocycles. The third-order valence-electron chi connectivity index (χ3n) is 6.06. The Morgan fingerprint density at radius 2 is 2.04 bits per heavy atom. The fourth-order valence-corrected chi connectivity index (χ4v) is 4.62. The SMILES string of the molecule is COC(=O)C1CC(C2CNCNC2C2=C(O)C(C)=C(OC)CC2)C(C)O1. The third kappa shape index (κ3) is 3.48. The van der Waals surface area contributed by atoms with Crippen LogP contribution in [0, 0.1) is 11.8 Å². The second kappa shape index (κ2) is 7.98. The molecule has 3 N–H and O–H groups in total. The Hall–Kier alpha value is -1.57. The molecule has 26 heavy (non-hydrogen) atoms. The number of aliphatic hydroxyl groups is 1. The Morgan fingerprint density at radius 3 is 2.73 bits per heavy atom. The number of hydrogen-bond acceptors (Lipinski definition) is 7. The lowest BCUT2D eigenvalue weighted by atomic mass is 9.75. The van der Waals surface area contributed by atoms with Crippen LogP contribution >= 0.6 is 0 Å². The van der Waals surface area contributed by atoms with Crippen molar-refractivity contribution in [1.29, 1.82) is 0 Å². The normalized spacial score (nSPS) is 35.6. The van der Waals surface area contributed by atoms with E-state index >= 15 is 0 Å². The van der Waals surface area contributed by atoms with E-state index in [1.54, 1.807) is 7.11 Å². The van der Waals surface area contributed by atoms with E-state index in [1.165, 1.54) is 7.11 Å². The maximum atomic E-state index is 11.9. The molecule has 5 unspecified atom stereocenters. The Bertz CT molecular complexity index is 615. The third-order valence-corrected chi connectivity index (χ3v) is 6.06. The van der Waals surface area contributed by atoms with Gasteiger partial charge in [-0.15, -0.1) is 0 Å². The summed E-state index contributed by atoms with van der Waals surface area (Å²) < 4.78 is 16.1.